The molecule has 0 unspecified atom stereocenters. The topological polar surface area (TPSA) is 93.1 Å². The predicted octanol–water partition coefficient (Wildman–Crippen LogP) is 2.31. The Kier molecular flexibility index (Phi) is 4.89. The number of imide groups is 1. The van der Waals surface area contributed by atoms with E-state index in [1.165, 1.54) is 0 Å². The van der Waals surface area contributed by atoms with E-state index in [0.29, 0.717) is 4.90 Å². The molecule has 0 aliphatic carbocycles. The van der Waals surface area contributed by atoms with Gasteiger partial charge >= 0.3 is 12.1 Å². The van der Waals surface area contributed by atoms with Crippen molar-refractivity contribution in [1.29, 1.82) is 0 Å². The van der Waals surface area contributed by atoms with E-state index < -0.39 is 35.2 Å². The number of esters is 1. The summed E-state index contributed by atoms with van der Waals surface area (Å²) in [6.07, 6.45) is -0.248. The van der Waals surface area contributed by atoms with Gasteiger partial charge in [-0.15, -0.1) is 0 Å². The molecule has 1 aliphatic heterocycles. The molecule has 1 heterocycles. The van der Waals surface area contributed by atoms with E-state index in [1.807, 2.05) is 0 Å². The van der Waals surface area contributed by atoms with Gasteiger partial charge in [0.25, 0.3) is 5.91 Å². The highest BCUT2D eigenvalue weighted by molar-refractivity contribution is 6.03. The van der Waals surface area contributed by atoms with Crippen molar-refractivity contribution in [3.63, 3.8) is 0 Å². The van der Waals surface area contributed by atoms with Crippen molar-refractivity contribution < 1.29 is 29.0 Å². The summed E-state index contributed by atoms with van der Waals surface area (Å²) in [5.74, 6) is -1.86. The number of carbonyl (C=O) groups excluding carboxylic acids is 3. The molecule has 0 aromatic carbocycles. The van der Waals surface area contributed by atoms with Crippen LogP contribution in [0.2, 0.25) is 0 Å². The lowest BCUT2D eigenvalue weighted by Crippen LogP contribution is -2.53. The van der Waals surface area contributed by atoms with Crippen LogP contribution >= 0.6 is 0 Å². The summed E-state index contributed by atoms with van der Waals surface area (Å²) in [6.45, 7) is 9.95. The number of hydrogen-bond donors (Lipinski definition) is 1. The smallest absolute Gasteiger partial charge is 0.418 e. The van der Waals surface area contributed by atoms with Crippen LogP contribution in [-0.2, 0) is 19.1 Å². The number of hydrogen-bond acceptors (Lipinski definition) is 6. The summed E-state index contributed by atoms with van der Waals surface area (Å²) in [4.78, 5) is 37.1. The standard InChI is InChI=1S/C15H23NO6/c1-14(2,3)21-12(19)10-7-9(17)8-11(18)16(10)13(20)22-15(4,5)6/h8,10,17H,7H2,1-6H3/t10-/m0/s1. The Labute approximate surface area is 129 Å². The molecule has 0 aromatic rings. The quantitative estimate of drug-likeness (QED) is 0.747. The molecule has 1 aliphatic rings. The summed E-state index contributed by atoms with van der Waals surface area (Å²) in [7, 11) is 0. The highest BCUT2D eigenvalue weighted by atomic mass is 16.6. The van der Waals surface area contributed by atoms with Gasteiger partial charge in [0.15, 0.2) is 0 Å². The Hall–Kier alpha value is -2.05. The predicted molar refractivity (Wildman–Crippen MR) is 78.0 cm³/mol. The fourth-order valence-corrected chi connectivity index (χ4v) is 1.80. The highest BCUT2D eigenvalue weighted by Crippen LogP contribution is 2.23. The second kappa shape index (κ2) is 5.98. The van der Waals surface area contributed by atoms with E-state index in [1.54, 1.807) is 41.5 Å². The fraction of sp³-hybridized carbons (Fsp3) is 0.667. The molecule has 1 N–H and O–H groups in total. The van der Waals surface area contributed by atoms with Crippen molar-refractivity contribution >= 4 is 18.0 Å². The van der Waals surface area contributed by atoms with Crippen LogP contribution in [-0.4, -0.2) is 45.2 Å². The van der Waals surface area contributed by atoms with Gasteiger partial charge in [-0.2, -0.15) is 0 Å². The van der Waals surface area contributed by atoms with Crippen LogP contribution < -0.4 is 0 Å². The third-order valence-corrected chi connectivity index (χ3v) is 2.51. The van der Waals surface area contributed by atoms with Crippen LogP contribution in [0.3, 0.4) is 0 Å². The Morgan fingerprint density at radius 3 is 2.09 bits per heavy atom. The summed E-state index contributed by atoms with van der Waals surface area (Å²) < 4.78 is 10.3. The number of carbonyl (C=O) groups is 3. The van der Waals surface area contributed by atoms with Crippen molar-refractivity contribution in [2.24, 2.45) is 0 Å². The average Bonchev–Trinajstić information content (AvgIpc) is 2.22. The molecule has 0 radical (unpaired) electrons. The molecule has 2 amide bonds. The van der Waals surface area contributed by atoms with Crippen LogP contribution in [0.5, 0.6) is 0 Å². The third kappa shape index (κ3) is 5.05. The molecule has 0 spiro atoms. The molecule has 0 fully saturated rings. The lowest BCUT2D eigenvalue weighted by molar-refractivity contribution is -0.164. The molecule has 0 aromatic heterocycles. The zero-order valence-corrected chi connectivity index (χ0v) is 13.8. The molecule has 22 heavy (non-hydrogen) atoms. The van der Waals surface area contributed by atoms with Crippen LogP contribution in [0.15, 0.2) is 11.8 Å². The van der Waals surface area contributed by atoms with Gasteiger partial charge in [-0.25, -0.2) is 14.5 Å². The van der Waals surface area contributed by atoms with E-state index in [4.69, 9.17) is 9.47 Å². The molecule has 7 heteroatoms. The SMILES string of the molecule is CC(C)(C)OC(=O)[C@@H]1CC(O)=CC(=O)N1C(=O)OC(C)(C)C. The molecule has 0 saturated carbocycles. The number of aliphatic hydroxyl groups is 1. The number of rotatable bonds is 1. The summed E-state index contributed by atoms with van der Waals surface area (Å²) in [6, 6.07) is -1.24. The molecule has 124 valence electrons. The lowest BCUT2D eigenvalue weighted by atomic mass is 10.1. The number of nitrogens with zero attached hydrogens (tertiary/aromatic N) is 1. The van der Waals surface area contributed by atoms with Gasteiger partial charge in [-0.05, 0) is 41.5 Å². The minimum Gasteiger partial charge on any atom is -0.512 e. The van der Waals surface area contributed by atoms with Crippen LogP contribution in [0.4, 0.5) is 4.79 Å². The largest absolute Gasteiger partial charge is 0.512 e. The molecule has 1 atom stereocenters. The van der Waals surface area contributed by atoms with E-state index in [-0.39, 0.29) is 12.2 Å². The van der Waals surface area contributed by atoms with Crippen molar-refractivity contribution in [3.05, 3.63) is 11.8 Å². The Bertz CT molecular complexity index is 509. The first-order chi connectivity index (χ1) is 9.80. The number of amides is 2. The maximum absolute atomic E-state index is 12.2. The molecular formula is C15H23NO6. The van der Waals surface area contributed by atoms with Gasteiger partial charge < -0.3 is 14.6 Å². The second-order valence-electron chi connectivity index (χ2n) is 7.08. The fourth-order valence-electron chi connectivity index (χ4n) is 1.80. The van der Waals surface area contributed by atoms with Crippen LogP contribution in [0.25, 0.3) is 0 Å². The van der Waals surface area contributed by atoms with Gasteiger partial charge in [0.1, 0.15) is 23.0 Å². The first-order valence-electron chi connectivity index (χ1n) is 6.99. The number of ether oxygens (including phenoxy) is 2. The Balaban J connectivity index is 3.05. The third-order valence-electron chi connectivity index (χ3n) is 2.51. The molecule has 1 rings (SSSR count). The summed E-state index contributed by atoms with van der Waals surface area (Å²) in [5, 5.41) is 9.58. The lowest BCUT2D eigenvalue weighted by Gasteiger charge is -2.33. The van der Waals surface area contributed by atoms with Crippen molar-refractivity contribution in [2.75, 3.05) is 0 Å². The average molecular weight is 313 g/mol. The van der Waals surface area contributed by atoms with Crippen molar-refractivity contribution in [3.8, 4) is 0 Å². The molecule has 0 bridgehead atoms. The summed E-state index contributed by atoms with van der Waals surface area (Å²) >= 11 is 0. The minimum absolute atomic E-state index is 0.195. The normalized spacial score (nSPS) is 19.5. The van der Waals surface area contributed by atoms with Gasteiger partial charge in [0, 0.05) is 12.5 Å². The van der Waals surface area contributed by atoms with Crippen molar-refractivity contribution in [2.45, 2.75) is 65.2 Å². The van der Waals surface area contributed by atoms with E-state index in [2.05, 4.69) is 0 Å². The molecule has 7 nitrogen and oxygen atoms in total. The van der Waals surface area contributed by atoms with Crippen LogP contribution in [0.1, 0.15) is 48.0 Å². The zero-order valence-electron chi connectivity index (χ0n) is 13.8. The minimum atomic E-state index is -1.24. The maximum Gasteiger partial charge on any atom is 0.418 e. The Morgan fingerprint density at radius 1 is 1.14 bits per heavy atom. The van der Waals surface area contributed by atoms with Gasteiger partial charge in [0.2, 0.25) is 0 Å². The molecular weight excluding hydrogens is 290 g/mol. The summed E-state index contributed by atoms with van der Waals surface area (Å²) in [5.41, 5.74) is -1.60. The van der Waals surface area contributed by atoms with E-state index in [0.717, 1.165) is 6.08 Å². The Morgan fingerprint density at radius 2 is 1.64 bits per heavy atom. The van der Waals surface area contributed by atoms with E-state index >= 15 is 0 Å². The van der Waals surface area contributed by atoms with Gasteiger partial charge in [-0.1, -0.05) is 0 Å². The highest BCUT2D eigenvalue weighted by Gasteiger charge is 2.42. The number of aliphatic hydroxyl groups excluding tert-OH is 1. The maximum atomic E-state index is 12.2. The van der Waals surface area contributed by atoms with Crippen molar-refractivity contribution in [1.82, 2.24) is 4.90 Å². The van der Waals surface area contributed by atoms with Gasteiger partial charge in [-0.3, -0.25) is 4.79 Å². The second-order valence-corrected chi connectivity index (χ2v) is 7.08. The van der Waals surface area contributed by atoms with Gasteiger partial charge in [0.05, 0.1) is 0 Å². The molecule has 0 saturated heterocycles. The van der Waals surface area contributed by atoms with Crippen LogP contribution in [0, 0.1) is 0 Å². The van der Waals surface area contributed by atoms with E-state index in [9.17, 15) is 19.5 Å². The first kappa shape index (κ1) is 18.0. The monoisotopic (exact) mass is 313 g/mol. The zero-order chi connectivity index (χ0) is 17.3. The first-order valence-corrected chi connectivity index (χ1v) is 6.99.